The van der Waals surface area contributed by atoms with E-state index in [2.05, 4.69) is 4.98 Å². The summed E-state index contributed by atoms with van der Waals surface area (Å²) in [5.74, 6) is 2.03. The minimum atomic E-state index is 0.0588. The summed E-state index contributed by atoms with van der Waals surface area (Å²) in [5, 5.41) is 0. The lowest BCUT2D eigenvalue weighted by molar-refractivity contribution is -0.138. The number of oxazole rings is 1. The Balaban J connectivity index is 1.74. The zero-order valence-corrected chi connectivity index (χ0v) is 14.2. The molecule has 1 aromatic carbocycles. The highest BCUT2D eigenvalue weighted by molar-refractivity contribution is 5.79. The Kier molecular flexibility index (Phi) is 4.85. The smallest absolute Gasteiger partial charge is 0.229 e. The highest BCUT2D eigenvalue weighted by Gasteiger charge is 2.25. The second kappa shape index (κ2) is 7.05. The van der Waals surface area contributed by atoms with Crippen LogP contribution in [0, 0.1) is 6.92 Å². The molecule has 6 nitrogen and oxygen atoms in total. The van der Waals surface area contributed by atoms with E-state index in [1.165, 1.54) is 0 Å². The lowest BCUT2D eigenvalue weighted by Gasteiger charge is -2.33. The molecule has 0 saturated carbocycles. The van der Waals surface area contributed by atoms with Crippen LogP contribution < -0.4 is 4.74 Å². The molecule has 1 fully saturated rings. The predicted octanol–water partition coefficient (Wildman–Crippen LogP) is 2.45. The minimum Gasteiger partial charge on any atom is -0.497 e. The van der Waals surface area contributed by atoms with Gasteiger partial charge >= 0.3 is 0 Å². The molecule has 1 aliphatic heterocycles. The Hall–Kier alpha value is -2.34. The largest absolute Gasteiger partial charge is 0.497 e. The number of benzene rings is 1. The first-order chi connectivity index (χ1) is 11.6. The average Bonchev–Trinajstić information content (AvgIpc) is 2.96. The van der Waals surface area contributed by atoms with Crippen molar-refractivity contribution >= 4 is 5.91 Å². The minimum absolute atomic E-state index is 0.0588. The molecule has 1 unspecified atom stereocenters. The van der Waals surface area contributed by atoms with E-state index in [4.69, 9.17) is 13.9 Å². The number of carbonyl (C=O) groups is 1. The molecule has 1 aliphatic rings. The van der Waals surface area contributed by atoms with Crippen molar-refractivity contribution in [2.75, 3.05) is 26.9 Å². The third-order valence-electron chi connectivity index (χ3n) is 4.24. The monoisotopic (exact) mass is 330 g/mol. The van der Waals surface area contributed by atoms with Crippen molar-refractivity contribution in [1.29, 1.82) is 0 Å². The van der Waals surface area contributed by atoms with E-state index >= 15 is 0 Å². The summed E-state index contributed by atoms with van der Waals surface area (Å²) in [6.45, 7) is 5.63. The fraction of sp³-hybridized carbons (Fsp3) is 0.444. The van der Waals surface area contributed by atoms with Crippen molar-refractivity contribution in [3.8, 4) is 17.2 Å². The van der Waals surface area contributed by atoms with Gasteiger partial charge in [-0.25, -0.2) is 4.98 Å². The van der Waals surface area contributed by atoms with E-state index in [-0.39, 0.29) is 18.4 Å². The molecular weight excluding hydrogens is 308 g/mol. The Morgan fingerprint density at radius 3 is 2.79 bits per heavy atom. The van der Waals surface area contributed by atoms with Crippen LogP contribution in [0.15, 0.2) is 28.7 Å². The van der Waals surface area contributed by atoms with E-state index in [0.29, 0.717) is 37.1 Å². The second-order valence-electron chi connectivity index (χ2n) is 5.94. The molecule has 6 heteroatoms. The molecule has 0 radical (unpaired) electrons. The van der Waals surface area contributed by atoms with E-state index < -0.39 is 0 Å². The molecule has 0 N–H and O–H groups in total. The Morgan fingerprint density at radius 1 is 1.38 bits per heavy atom. The van der Waals surface area contributed by atoms with E-state index in [1.807, 2.05) is 43.0 Å². The van der Waals surface area contributed by atoms with Gasteiger partial charge in [-0.2, -0.15) is 0 Å². The van der Waals surface area contributed by atoms with Crippen molar-refractivity contribution in [2.24, 2.45) is 0 Å². The summed E-state index contributed by atoms with van der Waals surface area (Å²) in [4.78, 5) is 18.9. The molecule has 1 amide bonds. The van der Waals surface area contributed by atoms with Crippen molar-refractivity contribution in [3.05, 3.63) is 35.7 Å². The molecule has 0 spiro atoms. The van der Waals surface area contributed by atoms with Gasteiger partial charge in [0.1, 0.15) is 11.5 Å². The lowest BCUT2D eigenvalue weighted by Crippen LogP contribution is -2.47. The highest BCUT2D eigenvalue weighted by atomic mass is 16.5. The molecule has 1 aromatic heterocycles. The number of hydrogen-bond acceptors (Lipinski definition) is 5. The third kappa shape index (κ3) is 3.43. The normalized spacial score (nSPS) is 17.8. The van der Waals surface area contributed by atoms with Crippen LogP contribution in [0.2, 0.25) is 0 Å². The highest BCUT2D eigenvalue weighted by Crippen LogP contribution is 2.24. The number of aromatic nitrogens is 1. The van der Waals surface area contributed by atoms with Crippen molar-refractivity contribution < 1.29 is 18.7 Å². The van der Waals surface area contributed by atoms with E-state index in [1.54, 1.807) is 7.11 Å². The maximum absolute atomic E-state index is 12.5. The fourth-order valence-corrected chi connectivity index (χ4v) is 2.79. The summed E-state index contributed by atoms with van der Waals surface area (Å²) in [5.41, 5.74) is 1.54. The Morgan fingerprint density at radius 2 is 2.12 bits per heavy atom. The van der Waals surface area contributed by atoms with Crippen LogP contribution in [0.1, 0.15) is 18.4 Å². The molecule has 1 atom stereocenters. The van der Waals surface area contributed by atoms with Gasteiger partial charge in [-0.3, -0.25) is 4.79 Å². The molecule has 0 bridgehead atoms. The van der Waals surface area contributed by atoms with Crippen LogP contribution in [0.5, 0.6) is 5.75 Å². The SMILES string of the molecule is COc1ccc(-c2nc(CC(=O)N3CCOCC3C)c(C)o2)cc1. The zero-order chi connectivity index (χ0) is 17.1. The molecule has 0 aliphatic carbocycles. The molecular formula is C18H22N2O4. The Labute approximate surface area is 141 Å². The zero-order valence-electron chi connectivity index (χ0n) is 14.2. The number of hydrogen-bond donors (Lipinski definition) is 0. The first-order valence-electron chi connectivity index (χ1n) is 8.06. The number of aryl methyl sites for hydroxylation is 1. The van der Waals surface area contributed by atoms with Crippen LogP contribution in [0.3, 0.4) is 0 Å². The standard InChI is InChI=1S/C18H22N2O4/c1-12-11-23-9-8-20(12)17(21)10-16-13(2)24-18(19-16)14-4-6-15(22-3)7-5-14/h4-7,12H,8-11H2,1-3H3. The van der Waals surface area contributed by atoms with Gasteiger partial charge in [0, 0.05) is 12.1 Å². The van der Waals surface area contributed by atoms with Gasteiger partial charge in [-0.1, -0.05) is 0 Å². The summed E-state index contributed by atoms with van der Waals surface area (Å²) in [6.07, 6.45) is 0.246. The van der Waals surface area contributed by atoms with Crippen molar-refractivity contribution in [1.82, 2.24) is 9.88 Å². The molecule has 3 rings (SSSR count). The number of amides is 1. The maximum atomic E-state index is 12.5. The molecule has 1 saturated heterocycles. The van der Waals surface area contributed by atoms with Gasteiger partial charge in [-0.15, -0.1) is 0 Å². The van der Waals surface area contributed by atoms with Gasteiger partial charge in [0.2, 0.25) is 11.8 Å². The lowest BCUT2D eigenvalue weighted by atomic mass is 10.2. The van der Waals surface area contributed by atoms with E-state index in [9.17, 15) is 4.79 Å². The summed E-state index contributed by atoms with van der Waals surface area (Å²) < 4.78 is 16.3. The van der Waals surface area contributed by atoms with Gasteiger partial charge in [0.05, 0.1) is 38.5 Å². The quantitative estimate of drug-likeness (QED) is 0.861. The summed E-state index contributed by atoms with van der Waals surface area (Å²) >= 11 is 0. The molecule has 2 aromatic rings. The third-order valence-corrected chi connectivity index (χ3v) is 4.24. The average molecular weight is 330 g/mol. The van der Waals surface area contributed by atoms with Crippen LogP contribution in [0.25, 0.3) is 11.5 Å². The maximum Gasteiger partial charge on any atom is 0.229 e. The first-order valence-corrected chi connectivity index (χ1v) is 8.06. The Bertz CT molecular complexity index is 708. The number of methoxy groups -OCH3 is 1. The molecule has 2 heterocycles. The molecule has 24 heavy (non-hydrogen) atoms. The predicted molar refractivity (Wildman–Crippen MR) is 88.9 cm³/mol. The first kappa shape index (κ1) is 16.5. The number of carbonyl (C=O) groups excluding carboxylic acids is 1. The van der Waals surface area contributed by atoms with Crippen LogP contribution in [0.4, 0.5) is 0 Å². The van der Waals surface area contributed by atoms with Crippen molar-refractivity contribution in [2.45, 2.75) is 26.3 Å². The van der Waals surface area contributed by atoms with Crippen molar-refractivity contribution in [3.63, 3.8) is 0 Å². The van der Waals surface area contributed by atoms with Crippen LogP contribution in [-0.2, 0) is 16.0 Å². The van der Waals surface area contributed by atoms with E-state index in [0.717, 1.165) is 11.3 Å². The molecule has 128 valence electrons. The topological polar surface area (TPSA) is 64.8 Å². The van der Waals surface area contributed by atoms with Gasteiger partial charge in [0.15, 0.2) is 0 Å². The number of morpholine rings is 1. The van der Waals surface area contributed by atoms with Gasteiger partial charge in [0.25, 0.3) is 0 Å². The van der Waals surface area contributed by atoms with Crippen LogP contribution in [-0.4, -0.2) is 48.7 Å². The number of ether oxygens (including phenoxy) is 2. The van der Waals surface area contributed by atoms with Crippen LogP contribution >= 0.6 is 0 Å². The summed E-state index contributed by atoms with van der Waals surface area (Å²) in [6, 6.07) is 7.59. The van der Waals surface area contributed by atoms with Gasteiger partial charge in [-0.05, 0) is 38.1 Å². The number of nitrogens with zero attached hydrogens (tertiary/aromatic N) is 2. The summed E-state index contributed by atoms with van der Waals surface area (Å²) in [7, 11) is 1.63. The second-order valence-corrected chi connectivity index (χ2v) is 5.94. The number of rotatable bonds is 4. The fourth-order valence-electron chi connectivity index (χ4n) is 2.79. The van der Waals surface area contributed by atoms with Gasteiger partial charge < -0.3 is 18.8 Å².